The Morgan fingerprint density at radius 1 is 1.25 bits per heavy atom. The fraction of sp³-hybridized carbons (Fsp3) is 0.312. The van der Waals surface area contributed by atoms with Gasteiger partial charge in [-0.25, -0.2) is 4.98 Å². The monoisotopic (exact) mass is 332 g/mol. The molecule has 0 saturated carbocycles. The fourth-order valence-corrected chi connectivity index (χ4v) is 2.19. The summed E-state index contributed by atoms with van der Waals surface area (Å²) >= 11 is 0. The van der Waals surface area contributed by atoms with Gasteiger partial charge in [0.05, 0.1) is 14.2 Å². The number of benzene rings is 1. The van der Waals surface area contributed by atoms with Gasteiger partial charge in [-0.3, -0.25) is 14.2 Å². The lowest BCUT2D eigenvalue weighted by molar-refractivity contribution is -0.121. The lowest BCUT2D eigenvalue weighted by atomic mass is 10.2. The van der Waals surface area contributed by atoms with Gasteiger partial charge in [-0.2, -0.15) is 0 Å². The van der Waals surface area contributed by atoms with Gasteiger partial charge < -0.3 is 20.5 Å². The summed E-state index contributed by atoms with van der Waals surface area (Å²) in [6, 6.07) is 6.67. The fourth-order valence-electron chi connectivity index (χ4n) is 2.19. The van der Waals surface area contributed by atoms with Crippen LogP contribution in [0.25, 0.3) is 0 Å². The molecule has 24 heavy (non-hydrogen) atoms. The van der Waals surface area contributed by atoms with E-state index in [0.29, 0.717) is 17.2 Å². The van der Waals surface area contributed by atoms with Crippen LogP contribution in [0.1, 0.15) is 11.3 Å². The molecule has 2 rings (SSSR count). The number of nitrogen functional groups attached to an aromatic ring is 1. The van der Waals surface area contributed by atoms with Crippen molar-refractivity contribution in [2.75, 3.05) is 20.0 Å². The number of nitrogens with zero attached hydrogens (tertiary/aromatic N) is 2. The highest BCUT2D eigenvalue weighted by molar-refractivity contribution is 5.76. The number of aromatic nitrogens is 2. The predicted octanol–water partition coefficient (Wildman–Crippen LogP) is 0.468. The minimum absolute atomic E-state index is 0.0151. The summed E-state index contributed by atoms with van der Waals surface area (Å²) in [5, 5.41) is 2.73. The van der Waals surface area contributed by atoms with Crippen LogP contribution in [0, 0.1) is 6.92 Å². The van der Waals surface area contributed by atoms with Gasteiger partial charge in [0.2, 0.25) is 11.9 Å². The molecule has 1 heterocycles. The zero-order valence-electron chi connectivity index (χ0n) is 13.8. The van der Waals surface area contributed by atoms with E-state index in [4.69, 9.17) is 15.2 Å². The van der Waals surface area contributed by atoms with Crippen molar-refractivity contribution in [1.82, 2.24) is 14.9 Å². The van der Waals surface area contributed by atoms with Crippen molar-refractivity contribution >= 4 is 11.9 Å². The quantitative estimate of drug-likeness (QED) is 0.796. The lowest BCUT2D eigenvalue weighted by Crippen LogP contribution is -2.33. The second kappa shape index (κ2) is 7.49. The molecule has 128 valence electrons. The highest BCUT2D eigenvalue weighted by Gasteiger charge is 2.10. The standard InChI is InChI=1S/C16H20N4O4/c1-10-6-15(22)20(16(17)19-10)9-14(21)18-8-11-4-5-12(23-2)13(7-11)24-3/h4-7H,8-9H2,1-3H3,(H2,17,19)(H,18,21). The normalized spacial score (nSPS) is 10.3. The molecule has 8 nitrogen and oxygen atoms in total. The van der Waals surface area contributed by atoms with Crippen molar-refractivity contribution in [1.29, 1.82) is 0 Å². The minimum Gasteiger partial charge on any atom is -0.493 e. The van der Waals surface area contributed by atoms with E-state index in [-0.39, 0.29) is 30.5 Å². The van der Waals surface area contributed by atoms with E-state index in [0.717, 1.165) is 10.1 Å². The Morgan fingerprint density at radius 3 is 2.58 bits per heavy atom. The molecule has 8 heteroatoms. The summed E-state index contributed by atoms with van der Waals surface area (Å²) in [4.78, 5) is 27.9. The average Bonchev–Trinajstić information content (AvgIpc) is 2.55. The number of methoxy groups -OCH3 is 2. The van der Waals surface area contributed by atoms with E-state index in [2.05, 4.69) is 10.3 Å². The largest absolute Gasteiger partial charge is 0.493 e. The van der Waals surface area contributed by atoms with Crippen molar-refractivity contribution < 1.29 is 14.3 Å². The molecule has 0 fully saturated rings. The Labute approximate surface area is 139 Å². The SMILES string of the molecule is COc1ccc(CNC(=O)Cn2c(N)nc(C)cc2=O)cc1OC. The Kier molecular flexibility index (Phi) is 5.41. The molecule has 0 spiro atoms. The first kappa shape index (κ1) is 17.3. The smallest absolute Gasteiger partial charge is 0.255 e. The first-order valence-electron chi connectivity index (χ1n) is 7.26. The van der Waals surface area contributed by atoms with E-state index in [9.17, 15) is 9.59 Å². The van der Waals surface area contributed by atoms with Crippen molar-refractivity contribution in [3.05, 3.63) is 45.9 Å². The van der Waals surface area contributed by atoms with Crippen LogP contribution >= 0.6 is 0 Å². The number of carbonyl (C=O) groups is 1. The molecule has 1 aromatic carbocycles. The molecule has 0 aliphatic rings. The zero-order valence-corrected chi connectivity index (χ0v) is 13.8. The maximum absolute atomic E-state index is 12.0. The number of hydrogen-bond acceptors (Lipinski definition) is 6. The number of hydrogen-bond donors (Lipinski definition) is 2. The summed E-state index contributed by atoms with van der Waals surface area (Å²) in [5.74, 6) is 0.857. The molecular formula is C16H20N4O4. The van der Waals surface area contributed by atoms with Crippen molar-refractivity contribution in [2.45, 2.75) is 20.0 Å². The van der Waals surface area contributed by atoms with Gasteiger partial charge in [-0.15, -0.1) is 0 Å². The molecule has 0 radical (unpaired) electrons. The highest BCUT2D eigenvalue weighted by Crippen LogP contribution is 2.27. The predicted molar refractivity (Wildman–Crippen MR) is 89.0 cm³/mol. The van der Waals surface area contributed by atoms with Gasteiger partial charge in [0.1, 0.15) is 6.54 Å². The number of aryl methyl sites for hydroxylation is 1. The van der Waals surface area contributed by atoms with Crippen molar-refractivity contribution in [2.24, 2.45) is 0 Å². The molecule has 0 atom stereocenters. The van der Waals surface area contributed by atoms with Gasteiger partial charge in [-0.05, 0) is 24.6 Å². The Hall–Kier alpha value is -3.03. The summed E-state index contributed by atoms with van der Waals surface area (Å²) in [6.45, 7) is 1.76. The number of ether oxygens (including phenoxy) is 2. The van der Waals surface area contributed by atoms with Gasteiger partial charge in [0.15, 0.2) is 11.5 Å². The Morgan fingerprint density at radius 2 is 1.96 bits per heavy atom. The van der Waals surface area contributed by atoms with Crippen molar-refractivity contribution in [3.63, 3.8) is 0 Å². The molecule has 0 saturated heterocycles. The molecular weight excluding hydrogens is 312 g/mol. The van der Waals surface area contributed by atoms with Crippen LogP contribution in [0.15, 0.2) is 29.1 Å². The van der Waals surface area contributed by atoms with Gasteiger partial charge >= 0.3 is 0 Å². The number of rotatable bonds is 6. The number of nitrogens with one attached hydrogen (secondary N) is 1. The van der Waals surface area contributed by atoms with E-state index >= 15 is 0 Å². The van der Waals surface area contributed by atoms with Gasteiger partial charge in [-0.1, -0.05) is 6.07 Å². The molecule has 1 aromatic heterocycles. The summed E-state index contributed by atoms with van der Waals surface area (Å²) in [7, 11) is 3.09. The molecule has 3 N–H and O–H groups in total. The maximum atomic E-state index is 12.0. The van der Waals surface area contributed by atoms with E-state index in [1.54, 1.807) is 33.3 Å². The summed E-state index contributed by atoms with van der Waals surface area (Å²) < 4.78 is 11.5. The third kappa shape index (κ3) is 4.03. The van der Waals surface area contributed by atoms with E-state index < -0.39 is 0 Å². The second-order valence-corrected chi connectivity index (χ2v) is 5.15. The number of nitrogens with two attached hydrogens (primary N) is 1. The maximum Gasteiger partial charge on any atom is 0.255 e. The van der Waals surface area contributed by atoms with Gasteiger partial charge in [0.25, 0.3) is 5.56 Å². The Bertz CT molecular complexity index is 801. The average molecular weight is 332 g/mol. The topological polar surface area (TPSA) is 108 Å². The zero-order chi connectivity index (χ0) is 17.7. The second-order valence-electron chi connectivity index (χ2n) is 5.15. The van der Waals surface area contributed by atoms with E-state index in [1.165, 1.54) is 6.07 Å². The molecule has 0 unspecified atom stereocenters. The van der Waals surface area contributed by atoms with Crippen LogP contribution in [0.3, 0.4) is 0 Å². The molecule has 2 aromatic rings. The van der Waals surface area contributed by atoms with E-state index in [1.807, 2.05) is 6.07 Å². The molecule has 0 aliphatic carbocycles. The van der Waals surface area contributed by atoms with Crippen LogP contribution in [0.5, 0.6) is 11.5 Å². The highest BCUT2D eigenvalue weighted by atomic mass is 16.5. The third-order valence-electron chi connectivity index (χ3n) is 3.41. The van der Waals surface area contributed by atoms with Crippen LogP contribution in [0.2, 0.25) is 0 Å². The first-order chi connectivity index (χ1) is 11.4. The lowest BCUT2D eigenvalue weighted by Gasteiger charge is -2.11. The van der Waals surface area contributed by atoms with Crippen LogP contribution in [0.4, 0.5) is 5.95 Å². The third-order valence-corrected chi connectivity index (χ3v) is 3.41. The minimum atomic E-state index is -0.360. The first-order valence-corrected chi connectivity index (χ1v) is 7.26. The number of anilines is 1. The molecule has 0 bridgehead atoms. The number of amides is 1. The van der Waals surface area contributed by atoms with Crippen LogP contribution < -0.4 is 26.1 Å². The number of carbonyl (C=O) groups excluding carboxylic acids is 1. The van der Waals surface area contributed by atoms with Crippen LogP contribution in [-0.4, -0.2) is 29.7 Å². The van der Waals surface area contributed by atoms with Crippen LogP contribution in [-0.2, 0) is 17.9 Å². The summed E-state index contributed by atoms with van der Waals surface area (Å²) in [6.07, 6.45) is 0. The van der Waals surface area contributed by atoms with Crippen molar-refractivity contribution in [3.8, 4) is 11.5 Å². The molecule has 1 amide bonds. The van der Waals surface area contributed by atoms with Gasteiger partial charge in [0, 0.05) is 18.3 Å². The summed E-state index contributed by atoms with van der Waals surface area (Å²) in [5.41, 5.74) is 6.68. The Balaban J connectivity index is 2.03. The molecule has 0 aliphatic heterocycles.